The quantitative estimate of drug-likeness (QED) is 0.297. The lowest BCUT2D eigenvalue weighted by Gasteiger charge is -2.18. The number of halogens is 2. The largest absolute Gasteiger partial charge is 0.506 e. The van der Waals surface area contributed by atoms with E-state index in [4.69, 9.17) is 28.3 Å². The zero-order chi connectivity index (χ0) is 26.6. The zero-order valence-electron chi connectivity index (χ0n) is 18.8. The summed E-state index contributed by atoms with van der Waals surface area (Å²) >= 11 is 12.1. The Morgan fingerprint density at radius 2 is 1.67 bits per heavy atom. The van der Waals surface area contributed by atoms with Crippen LogP contribution in [-0.2, 0) is 17.8 Å². The van der Waals surface area contributed by atoms with Gasteiger partial charge < -0.3 is 26.0 Å². The number of carboxylic acids is 1. The molecular formula is C24H21Cl2N3O7. The number of anilines is 1. The molecule has 2 amide bonds. The van der Waals surface area contributed by atoms with Crippen LogP contribution in [0.3, 0.4) is 0 Å². The molecule has 0 radical (unpaired) electrons. The fourth-order valence-corrected chi connectivity index (χ4v) is 3.93. The summed E-state index contributed by atoms with van der Waals surface area (Å²) in [6.45, 7) is 0.619. The van der Waals surface area contributed by atoms with Crippen molar-refractivity contribution in [3.05, 3.63) is 85.1 Å². The molecule has 3 rings (SSSR count). The molecule has 5 N–H and O–H groups in total. The van der Waals surface area contributed by atoms with E-state index in [2.05, 4.69) is 5.32 Å². The Kier molecular flexibility index (Phi) is 8.23. The first-order chi connectivity index (χ1) is 17.0. The van der Waals surface area contributed by atoms with Gasteiger partial charge in [0.1, 0.15) is 17.7 Å². The minimum Gasteiger partial charge on any atom is -0.506 e. The molecule has 0 bridgehead atoms. The first-order valence-electron chi connectivity index (χ1n) is 10.6. The number of carbonyl (C=O) groups is 3. The molecule has 12 heteroatoms. The number of amides is 2. The summed E-state index contributed by atoms with van der Waals surface area (Å²) in [5.74, 6) is -5.74. The molecule has 0 saturated heterocycles. The van der Waals surface area contributed by atoms with Crippen LogP contribution in [0.25, 0.3) is 0 Å². The highest BCUT2D eigenvalue weighted by atomic mass is 35.5. The maximum absolute atomic E-state index is 13.3. The van der Waals surface area contributed by atoms with E-state index < -0.39 is 59.2 Å². The number of carbonyl (C=O) groups excluding carboxylic acids is 2. The van der Waals surface area contributed by atoms with Crippen molar-refractivity contribution in [1.29, 1.82) is 0 Å². The molecule has 2 aromatic carbocycles. The number of aliphatic carboxylic acids is 1. The van der Waals surface area contributed by atoms with E-state index in [0.29, 0.717) is 27.3 Å². The number of rotatable bonds is 8. The van der Waals surface area contributed by atoms with Crippen LogP contribution in [-0.4, -0.2) is 44.2 Å². The molecule has 0 aliphatic heterocycles. The molecule has 0 atom stereocenters. The number of para-hydroxylation sites is 1. The van der Waals surface area contributed by atoms with E-state index in [0.717, 1.165) is 5.56 Å². The second-order valence-corrected chi connectivity index (χ2v) is 8.43. The number of carboxylic acid groups (broad SMARTS) is 1. The number of aromatic hydroxyl groups is 2. The first-order valence-corrected chi connectivity index (χ1v) is 11.3. The average Bonchev–Trinajstić information content (AvgIpc) is 2.82. The molecule has 10 nitrogen and oxygen atoms in total. The van der Waals surface area contributed by atoms with Crippen molar-refractivity contribution in [2.75, 3.05) is 11.9 Å². The molecular weight excluding hydrogens is 513 g/mol. The number of aromatic nitrogens is 1. The van der Waals surface area contributed by atoms with Gasteiger partial charge in [0.15, 0.2) is 5.75 Å². The van der Waals surface area contributed by atoms with E-state index in [1.807, 2.05) is 12.2 Å². The smallest absolute Gasteiger partial charge is 0.322 e. The second-order valence-electron chi connectivity index (χ2n) is 7.59. The predicted octanol–water partition coefficient (Wildman–Crippen LogP) is 3.24. The number of benzene rings is 2. The van der Waals surface area contributed by atoms with Crippen LogP contribution in [0.2, 0.25) is 10.0 Å². The maximum Gasteiger partial charge on any atom is 0.322 e. The van der Waals surface area contributed by atoms with Crippen molar-refractivity contribution in [2.24, 2.45) is 0 Å². The van der Waals surface area contributed by atoms with E-state index in [1.165, 1.54) is 18.2 Å². The lowest BCUT2D eigenvalue weighted by molar-refractivity contribution is -0.135. The fourth-order valence-electron chi connectivity index (χ4n) is 3.46. The molecule has 0 saturated carbocycles. The topological polar surface area (TPSA) is 158 Å². The van der Waals surface area contributed by atoms with Gasteiger partial charge in [0, 0.05) is 15.7 Å². The van der Waals surface area contributed by atoms with Crippen molar-refractivity contribution < 1.29 is 29.7 Å². The van der Waals surface area contributed by atoms with Crippen molar-refractivity contribution >= 4 is 46.7 Å². The normalized spacial score (nSPS) is 10.6. The number of nitrogens with zero attached hydrogens (tertiary/aromatic N) is 1. The SMILES string of the molecule is CCc1ccccc1NC(=O)c1c(O)c(C(=O)NCC(=O)O)c(O)n(Cc2ccc(Cl)cc2Cl)c1=O. The monoisotopic (exact) mass is 533 g/mol. The number of pyridine rings is 1. The van der Waals surface area contributed by atoms with Crippen molar-refractivity contribution in [3.63, 3.8) is 0 Å². The van der Waals surface area contributed by atoms with Gasteiger partial charge in [-0.2, -0.15) is 0 Å². The summed E-state index contributed by atoms with van der Waals surface area (Å²) in [4.78, 5) is 50.0. The number of hydrogen-bond donors (Lipinski definition) is 5. The van der Waals surface area contributed by atoms with Gasteiger partial charge in [-0.3, -0.25) is 23.7 Å². The highest BCUT2D eigenvalue weighted by molar-refractivity contribution is 6.35. The number of nitrogens with one attached hydrogen (secondary N) is 2. The van der Waals surface area contributed by atoms with Gasteiger partial charge in [0.2, 0.25) is 5.88 Å². The Labute approximate surface area is 214 Å². The maximum atomic E-state index is 13.3. The molecule has 0 spiro atoms. The van der Waals surface area contributed by atoms with Gasteiger partial charge in [-0.25, -0.2) is 0 Å². The number of aryl methyl sites for hydroxylation is 1. The Morgan fingerprint density at radius 3 is 2.31 bits per heavy atom. The lowest BCUT2D eigenvalue weighted by Crippen LogP contribution is -2.34. The van der Waals surface area contributed by atoms with Crippen LogP contribution >= 0.6 is 23.2 Å². The lowest BCUT2D eigenvalue weighted by atomic mass is 10.1. The van der Waals surface area contributed by atoms with E-state index in [-0.39, 0.29) is 5.02 Å². The summed E-state index contributed by atoms with van der Waals surface area (Å²) in [5, 5.41) is 35.4. The standard InChI is InChI=1S/C24H21Cl2N3O7/c1-2-12-5-3-4-6-16(12)28-22(34)19-20(32)18(21(33)27-10-17(30)31)23(35)29(24(19)36)11-13-7-8-14(25)9-15(13)26/h3-9,32,35H,2,10-11H2,1H3,(H,27,33)(H,28,34)(H,30,31). The number of hydrogen-bond acceptors (Lipinski definition) is 6. The van der Waals surface area contributed by atoms with Crippen LogP contribution in [0.5, 0.6) is 11.6 Å². The zero-order valence-corrected chi connectivity index (χ0v) is 20.4. The average molecular weight is 534 g/mol. The first kappa shape index (κ1) is 26.6. The van der Waals surface area contributed by atoms with Crippen LogP contribution < -0.4 is 16.2 Å². The Morgan fingerprint density at radius 1 is 0.972 bits per heavy atom. The van der Waals surface area contributed by atoms with Crippen LogP contribution in [0, 0.1) is 0 Å². The minimum atomic E-state index is -1.39. The van der Waals surface area contributed by atoms with Crippen molar-refractivity contribution in [2.45, 2.75) is 19.9 Å². The molecule has 0 unspecified atom stereocenters. The Hall–Kier alpha value is -4.02. The van der Waals surface area contributed by atoms with Gasteiger partial charge in [-0.15, -0.1) is 0 Å². The Balaban J connectivity index is 2.18. The van der Waals surface area contributed by atoms with Gasteiger partial charge in [0.25, 0.3) is 17.4 Å². The summed E-state index contributed by atoms with van der Waals surface area (Å²) in [5.41, 5.74) is -1.36. The van der Waals surface area contributed by atoms with E-state index in [9.17, 15) is 29.4 Å². The minimum absolute atomic E-state index is 0.140. The molecule has 1 heterocycles. The van der Waals surface area contributed by atoms with Crippen molar-refractivity contribution in [1.82, 2.24) is 9.88 Å². The van der Waals surface area contributed by atoms with Crippen LogP contribution in [0.15, 0.2) is 47.3 Å². The van der Waals surface area contributed by atoms with Crippen molar-refractivity contribution in [3.8, 4) is 11.6 Å². The van der Waals surface area contributed by atoms with Crippen LogP contribution in [0.1, 0.15) is 38.8 Å². The van der Waals surface area contributed by atoms with E-state index >= 15 is 0 Å². The molecule has 1 aromatic heterocycles. The highest BCUT2D eigenvalue weighted by Crippen LogP contribution is 2.31. The molecule has 3 aromatic rings. The predicted molar refractivity (Wildman–Crippen MR) is 133 cm³/mol. The molecule has 0 aliphatic carbocycles. The second kappa shape index (κ2) is 11.1. The Bertz CT molecular complexity index is 1420. The fraction of sp³-hybridized carbons (Fsp3) is 0.167. The molecule has 0 aliphatic rings. The van der Waals surface area contributed by atoms with E-state index in [1.54, 1.807) is 24.3 Å². The third-order valence-corrected chi connectivity index (χ3v) is 5.84. The molecule has 36 heavy (non-hydrogen) atoms. The third-order valence-electron chi connectivity index (χ3n) is 5.26. The molecule has 188 valence electrons. The summed E-state index contributed by atoms with van der Waals surface area (Å²) in [7, 11) is 0. The third kappa shape index (κ3) is 5.61. The summed E-state index contributed by atoms with van der Waals surface area (Å²) in [6.07, 6.45) is 0.556. The van der Waals surface area contributed by atoms with Gasteiger partial charge >= 0.3 is 5.97 Å². The van der Waals surface area contributed by atoms with Crippen LogP contribution in [0.4, 0.5) is 5.69 Å². The highest BCUT2D eigenvalue weighted by Gasteiger charge is 2.30. The summed E-state index contributed by atoms with van der Waals surface area (Å²) < 4.78 is 0.672. The van der Waals surface area contributed by atoms with Gasteiger partial charge in [0.05, 0.1) is 6.54 Å². The summed E-state index contributed by atoms with van der Waals surface area (Å²) in [6, 6.07) is 11.2. The molecule has 0 fully saturated rings. The van der Waals surface area contributed by atoms with Gasteiger partial charge in [-0.1, -0.05) is 54.4 Å². The van der Waals surface area contributed by atoms with Gasteiger partial charge in [-0.05, 0) is 35.7 Å².